The van der Waals surface area contributed by atoms with Crippen LogP contribution in [0.2, 0.25) is 5.02 Å². The van der Waals surface area contributed by atoms with Gasteiger partial charge in [-0.25, -0.2) is 4.79 Å². The van der Waals surface area contributed by atoms with Crippen molar-refractivity contribution in [3.8, 4) is 11.1 Å². The first kappa shape index (κ1) is 25.3. The Morgan fingerprint density at radius 3 is 2.31 bits per heavy atom. The van der Waals surface area contributed by atoms with Gasteiger partial charge in [-0.05, 0) is 77.9 Å². The van der Waals surface area contributed by atoms with E-state index < -0.39 is 12.0 Å². The summed E-state index contributed by atoms with van der Waals surface area (Å²) in [6.45, 7) is 3.99. The largest absolute Gasteiger partial charge is 0.465 e. The van der Waals surface area contributed by atoms with Crippen LogP contribution in [0.15, 0.2) is 90.2 Å². The van der Waals surface area contributed by atoms with Gasteiger partial charge in [0.2, 0.25) is 0 Å². The van der Waals surface area contributed by atoms with Crippen LogP contribution in [0.3, 0.4) is 0 Å². The molecule has 182 valence electrons. The van der Waals surface area contributed by atoms with Crippen molar-refractivity contribution in [2.24, 2.45) is 5.18 Å². The Labute approximate surface area is 216 Å². The van der Waals surface area contributed by atoms with E-state index in [-0.39, 0.29) is 5.92 Å². The Bertz CT molecular complexity index is 1390. The summed E-state index contributed by atoms with van der Waals surface area (Å²) in [6, 6.07) is 25.0. The van der Waals surface area contributed by atoms with Crippen molar-refractivity contribution in [1.82, 2.24) is 4.98 Å². The molecule has 0 aliphatic heterocycles. The summed E-state index contributed by atoms with van der Waals surface area (Å²) in [5.74, 6) is -0.493. The third kappa shape index (κ3) is 5.52. The highest BCUT2D eigenvalue weighted by molar-refractivity contribution is 6.33. The van der Waals surface area contributed by atoms with Gasteiger partial charge in [0.1, 0.15) is 6.04 Å². The molecule has 4 rings (SSSR count). The van der Waals surface area contributed by atoms with Gasteiger partial charge in [-0.3, -0.25) is 4.98 Å². The fourth-order valence-electron chi connectivity index (χ4n) is 4.54. The Kier molecular flexibility index (Phi) is 7.91. The smallest absolute Gasteiger partial charge is 0.339 e. The van der Waals surface area contributed by atoms with Crippen LogP contribution in [-0.2, 0) is 4.74 Å². The Balaban J connectivity index is 1.69. The minimum absolute atomic E-state index is 0.0262. The maximum atomic E-state index is 12.0. The van der Waals surface area contributed by atoms with Crippen LogP contribution < -0.4 is 0 Å². The molecule has 5 nitrogen and oxygen atoms in total. The molecule has 0 saturated heterocycles. The molecule has 0 saturated carbocycles. The van der Waals surface area contributed by atoms with E-state index in [0.29, 0.717) is 17.0 Å². The molecule has 0 aliphatic carbocycles. The highest BCUT2D eigenvalue weighted by atomic mass is 35.5. The zero-order chi connectivity index (χ0) is 25.7. The van der Waals surface area contributed by atoms with Crippen molar-refractivity contribution >= 4 is 17.6 Å². The second-order valence-corrected chi connectivity index (χ2v) is 9.21. The molecule has 0 amide bonds. The van der Waals surface area contributed by atoms with Crippen molar-refractivity contribution in [1.29, 1.82) is 0 Å². The second kappa shape index (κ2) is 11.3. The number of benzene rings is 3. The molecule has 1 aromatic heterocycles. The third-order valence-electron chi connectivity index (χ3n) is 6.48. The van der Waals surface area contributed by atoms with E-state index in [2.05, 4.69) is 41.4 Å². The quantitative estimate of drug-likeness (QED) is 0.183. The van der Waals surface area contributed by atoms with Crippen LogP contribution in [0.1, 0.15) is 56.7 Å². The number of nitrogens with zero attached hydrogens (tertiary/aromatic N) is 2. The van der Waals surface area contributed by atoms with Gasteiger partial charge >= 0.3 is 5.97 Å². The predicted molar refractivity (Wildman–Crippen MR) is 143 cm³/mol. The molecule has 0 radical (unpaired) electrons. The molecule has 1 heterocycles. The summed E-state index contributed by atoms with van der Waals surface area (Å²) < 4.78 is 4.78. The number of hydrogen-bond acceptors (Lipinski definition) is 5. The summed E-state index contributed by atoms with van der Waals surface area (Å²) >= 11 is 6.33. The van der Waals surface area contributed by atoms with E-state index in [1.165, 1.54) is 7.11 Å². The predicted octanol–water partition coefficient (Wildman–Crippen LogP) is 7.84. The maximum absolute atomic E-state index is 12.0. The molecule has 2 unspecified atom stereocenters. The zero-order valence-electron chi connectivity index (χ0n) is 20.4. The van der Waals surface area contributed by atoms with E-state index >= 15 is 0 Å². The molecule has 0 spiro atoms. The van der Waals surface area contributed by atoms with E-state index in [0.717, 1.165) is 39.1 Å². The van der Waals surface area contributed by atoms with Gasteiger partial charge < -0.3 is 4.74 Å². The summed E-state index contributed by atoms with van der Waals surface area (Å²) in [4.78, 5) is 28.1. The van der Waals surface area contributed by atoms with Crippen LogP contribution in [0, 0.1) is 18.8 Å². The molecular formula is C30H27ClN2O3. The van der Waals surface area contributed by atoms with Gasteiger partial charge in [0.25, 0.3) is 0 Å². The number of halogens is 1. The van der Waals surface area contributed by atoms with Gasteiger partial charge in [-0.15, -0.1) is 0 Å². The van der Waals surface area contributed by atoms with Gasteiger partial charge in [0.05, 0.1) is 17.7 Å². The molecule has 0 N–H and O–H groups in total. The first-order chi connectivity index (χ1) is 17.4. The van der Waals surface area contributed by atoms with Crippen molar-refractivity contribution < 1.29 is 9.53 Å². The van der Waals surface area contributed by atoms with Crippen molar-refractivity contribution in [3.63, 3.8) is 0 Å². The number of rotatable bonds is 8. The molecule has 6 heteroatoms. The molecule has 0 bridgehead atoms. The second-order valence-electron chi connectivity index (χ2n) is 8.80. The lowest BCUT2D eigenvalue weighted by atomic mass is 9.82. The number of methoxy groups -OCH3 is 1. The number of nitroso groups, excluding NO2 is 1. The third-order valence-corrected chi connectivity index (χ3v) is 6.79. The molecule has 0 aliphatic rings. The van der Waals surface area contributed by atoms with E-state index in [4.69, 9.17) is 16.3 Å². The Hall–Kier alpha value is -3.83. The average molecular weight is 499 g/mol. The van der Waals surface area contributed by atoms with Crippen LogP contribution >= 0.6 is 11.6 Å². The topological polar surface area (TPSA) is 68.6 Å². The number of carbonyl (C=O) groups is 1. The first-order valence-corrected chi connectivity index (χ1v) is 12.1. The highest BCUT2D eigenvalue weighted by Gasteiger charge is 2.24. The molecule has 36 heavy (non-hydrogen) atoms. The standard InChI is InChI=1S/C30H27ClN2O3/c1-19-6-4-5-7-25(19)27(18-29(33-35)24-14-15-32-20(2)16-24)22-10-8-21(9-11-22)23-12-13-26(28(31)17-23)30(34)36-3/h4-17,27,29H,18H2,1-3H3. The van der Waals surface area contributed by atoms with E-state index in [1.54, 1.807) is 18.3 Å². The minimum Gasteiger partial charge on any atom is -0.465 e. The van der Waals surface area contributed by atoms with Gasteiger partial charge in [-0.1, -0.05) is 71.4 Å². The number of aryl methyl sites for hydroxylation is 2. The van der Waals surface area contributed by atoms with Crippen LogP contribution in [0.5, 0.6) is 0 Å². The zero-order valence-corrected chi connectivity index (χ0v) is 21.2. The molecule has 3 aromatic carbocycles. The van der Waals surface area contributed by atoms with Crippen molar-refractivity contribution in [2.45, 2.75) is 32.2 Å². The number of ether oxygens (including phenoxy) is 1. The fourth-order valence-corrected chi connectivity index (χ4v) is 4.79. The van der Waals surface area contributed by atoms with Crippen LogP contribution in [0.4, 0.5) is 0 Å². The number of aromatic nitrogens is 1. The molecule has 0 fully saturated rings. The molecule has 2 atom stereocenters. The van der Waals surface area contributed by atoms with E-state index in [9.17, 15) is 9.70 Å². The number of pyridine rings is 1. The Morgan fingerprint density at radius 2 is 1.67 bits per heavy atom. The van der Waals surface area contributed by atoms with Gasteiger partial charge in [0.15, 0.2) is 0 Å². The maximum Gasteiger partial charge on any atom is 0.339 e. The SMILES string of the molecule is COC(=O)c1ccc(-c2ccc(C(CC(N=O)c3ccnc(C)c3)c3ccccc3C)cc2)cc1Cl. The summed E-state index contributed by atoms with van der Waals surface area (Å²) in [5.41, 5.74) is 7.33. The minimum atomic E-state index is -0.499. The molecule has 4 aromatic rings. The highest BCUT2D eigenvalue weighted by Crippen LogP contribution is 2.38. The van der Waals surface area contributed by atoms with Crippen LogP contribution in [0.25, 0.3) is 11.1 Å². The summed E-state index contributed by atoms with van der Waals surface area (Å²) in [5, 5.41) is 3.84. The van der Waals surface area contributed by atoms with Gasteiger partial charge in [-0.2, -0.15) is 4.91 Å². The summed E-state index contributed by atoms with van der Waals surface area (Å²) in [7, 11) is 1.33. The lowest BCUT2D eigenvalue weighted by Crippen LogP contribution is -2.09. The summed E-state index contributed by atoms with van der Waals surface area (Å²) in [6.07, 6.45) is 2.26. The number of carbonyl (C=O) groups excluding carboxylic acids is 1. The van der Waals surface area contributed by atoms with Crippen molar-refractivity contribution in [3.05, 3.63) is 129 Å². The van der Waals surface area contributed by atoms with E-state index in [1.807, 2.05) is 49.4 Å². The Morgan fingerprint density at radius 1 is 0.944 bits per heavy atom. The monoisotopic (exact) mass is 498 g/mol. The lowest BCUT2D eigenvalue weighted by Gasteiger charge is -2.23. The number of esters is 1. The first-order valence-electron chi connectivity index (χ1n) is 11.7. The normalized spacial score (nSPS) is 12.6. The number of hydrogen-bond donors (Lipinski definition) is 0. The van der Waals surface area contributed by atoms with Gasteiger partial charge in [0, 0.05) is 17.8 Å². The fraction of sp³-hybridized carbons (Fsp3) is 0.200. The lowest BCUT2D eigenvalue weighted by molar-refractivity contribution is 0.0601. The molecular weight excluding hydrogens is 472 g/mol. The average Bonchev–Trinajstić information content (AvgIpc) is 2.90. The van der Waals surface area contributed by atoms with Crippen LogP contribution in [-0.4, -0.2) is 18.1 Å². The van der Waals surface area contributed by atoms with Crippen molar-refractivity contribution in [2.75, 3.05) is 7.11 Å².